The summed E-state index contributed by atoms with van der Waals surface area (Å²) in [4.78, 5) is 28.8. The highest BCUT2D eigenvalue weighted by atomic mass is 19.4. The molecule has 2 N–H and O–H groups in total. The van der Waals surface area contributed by atoms with Gasteiger partial charge in [-0.05, 0) is 18.8 Å². The van der Waals surface area contributed by atoms with Crippen molar-refractivity contribution in [3.05, 3.63) is 27.2 Å². The summed E-state index contributed by atoms with van der Waals surface area (Å²) in [7, 11) is 3.05. The molecule has 0 saturated heterocycles. The lowest BCUT2D eigenvalue weighted by atomic mass is 9.70. The second-order valence-electron chi connectivity index (χ2n) is 6.54. The van der Waals surface area contributed by atoms with Crippen molar-refractivity contribution in [1.82, 2.24) is 18.7 Å². The van der Waals surface area contributed by atoms with Crippen molar-refractivity contribution in [2.24, 2.45) is 25.9 Å². The van der Waals surface area contributed by atoms with Gasteiger partial charge < -0.3 is 14.8 Å². The maximum Gasteiger partial charge on any atom is 0.443 e. The number of hydrogen-bond donors (Lipinski definition) is 2. The maximum absolute atomic E-state index is 12.6. The van der Waals surface area contributed by atoms with E-state index in [2.05, 4.69) is 4.98 Å². The Morgan fingerprint density at radius 3 is 2.40 bits per heavy atom. The highest BCUT2D eigenvalue weighted by molar-refractivity contribution is 5.69. The summed E-state index contributed by atoms with van der Waals surface area (Å²) in [6, 6.07) is 0. The third-order valence-electron chi connectivity index (χ3n) is 4.86. The molecule has 0 bridgehead atoms. The van der Waals surface area contributed by atoms with E-state index in [1.54, 1.807) is 7.05 Å². The predicted molar refractivity (Wildman–Crippen MR) is 79.7 cm³/mol. The molecule has 25 heavy (non-hydrogen) atoms. The third kappa shape index (κ3) is 2.58. The Morgan fingerprint density at radius 2 is 1.84 bits per heavy atom. The Balaban J connectivity index is 1.86. The van der Waals surface area contributed by atoms with E-state index in [9.17, 15) is 33.0 Å². The Hall–Kier alpha value is -2.14. The molecule has 0 aliphatic heterocycles. The first-order valence-electron chi connectivity index (χ1n) is 7.57. The lowest BCUT2D eigenvalue weighted by Gasteiger charge is -2.43. The van der Waals surface area contributed by atoms with Crippen LogP contribution in [-0.2, 0) is 20.6 Å². The minimum Gasteiger partial charge on any atom is -0.358 e. The van der Waals surface area contributed by atoms with Gasteiger partial charge in [-0.1, -0.05) is 0 Å². The van der Waals surface area contributed by atoms with Gasteiger partial charge in [0, 0.05) is 26.6 Å². The topological polar surface area (TPSA) is 102 Å². The number of aryl methyl sites for hydroxylation is 2. The predicted octanol–water partition coefficient (Wildman–Crippen LogP) is -0.297. The Bertz CT molecular complexity index is 934. The molecule has 1 fully saturated rings. The third-order valence-corrected chi connectivity index (χ3v) is 4.86. The fourth-order valence-corrected chi connectivity index (χ4v) is 3.26. The molecule has 0 aromatic carbocycles. The van der Waals surface area contributed by atoms with Crippen LogP contribution >= 0.6 is 0 Å². The normalized spacial score (nSPS) is 21.6. The molecule has 0 amide bonds. The number of aliphatic hydroxyl groups is 2. The van der Waals surface area contributed by atoms with Gasteiger partial charge in [0.15, 0.2) is 11.2 Å². The number of rotatable bonds is 3. The minimum atomic E-state index is -5.15. The first-order chi connectivity index (χ1) is 11.4. The van der Waals surface area contributed by atoms with Crippen LogP contribution < -0.4 is 11.2 Å². The van der Waals surface area contributed by atoms with Gasteiger partial charge >= 0.3 is 11.9 Å². The van der Waals surface area contributed by atoms with E-state index >= 15 is 0 Å². The van der Waals surface area contributed by atoms with Crippen LogP contribution in [0.3, 0.4) is 0 Å². The largest absolute Gasteiger partial charge is 0.443 e. The Kier molecular flexibility index (Phi) is 3.84. The molecule has 0 unspecified atom stereocenters. The van der Waals surface area contributed by atoms with Crippen molar-refractivity contribution in [2.75, 3.05) is 0 Å². The van der Waals surface area contributed by atoms with Gasteiger partial charge in [-0.3, -0.25) is 13.9 Å². The standard InChI is InChI=1S/C14H17F3N4O4/c1-19-6-18-10-9(19)11(22)21(12(23)20(10)2)5-7-3-8(4-7)13(24,25)14(15,16)17/h6-8,24-25H,3-5H2,1-2H3. The van der Waals surface area contributed by atoms with Gasteiger partial charge in [0.05, 0.1) is 6.33 Å². The van der Waals surface area contributed by atoms with Crippen LogP contribution in [0.1, 0.15) is 12.8 Å². The number of aromatic nitrogens is 4. The monoisotopic (exact) mass is 362 g/mol. The number of fused-ring (bicyclic) bond motifs is 1. The zero-order valence-corrected chi connectivity index (χ0v) is 13.5. The molecule has 3 rings (SSSR count). The van der Waals surface area contributed by atoms with Gasteiger partial charge in [-0.15, -0.1) is 0 Å². The van der Waals surface area contributed by atoms with Gasteiger partial charge in [0.2, 0.25) is 0 Å². The van der Waals surface area contributed by atoms with E-state index in [0.717, 1.165) is 4.57 Å². The van der Waals surface area contributed by atoms with Crippen molar-refractivity contribution < 1.29 is 23.4 Å². The lowest BCUT2D eigenvalue weighted by molar-refractivity contribution is -0.381. The van der Waals surface area contributed by atoms with Crippen molar-refractivity contribution in [3.8, 4) is 0 Å². The van der Waals surface area contributed by atoms with Gasteiger partial charge in [0.1, 0.15) is 0 Å². The number of hydrogen-bond acceptors (Lipinski definition) is 5. The number of nitrogens with zero attached hydrogens (tertiary/aromatic N) is 4. The van der Waals surface area contributed by atoms with E-state index in [0.29, 0.717) is 0 Å². The molecule has 2 aromatic rings. The van der Waals surface area contributed by atoms with Crippen LogP contribution in [0.25, 0.3) is 11.2 Å². The fourth-order valence-electron chi connectivity index (χ4n) is 3.26. The molecule has 0 atom stereocenters. The van der Waals surface area contributed by atoms with Crippen LogP contribution in [0.2, 0.25) is 0 Å². The van der Waals surface area contributed by atoms with Crippen molar-refractivity contribution >= 4 is 11.2 Å². The molecule has 1 aliphatic carbocycles. The average molecular weight is 362 g/mol. The highest BCUT2D eigenvalue weighted by Gasteiger charge is 2.60. The molecule has 8 nitrogen and oxygen atoms in total. The molecule has 2 aromatic heterocycles. The van der Waals surface area contributed by atoms with E-state index in [1.807, 2.05) is 0 Å². The summed E-state index contributed by atoms with van der Waals surface area (Å²) in [5.74, 6) is -5.56. The smallest absolute Gasteiger partial charge is 0.358 e. The molecular formula is C14H17F3N4O4. The Morgan fingerprint density at radius 1 is 1.24 bits per heavy atom. The summed E-state index contributed by atoms with van der Waals surface area (Å²) in [5.41, 5.74) is -0.750. The van der Waals surface area contributed by atoms with E-state index in [-0.39, 0.29) is 30.6 Å². The fraction of sp³-hybridized carbons (Fsp3) is 0.643. The van der Waals surface area contributed by atoms with E-state index in [4.69, 9.17) is 0 Å². The summed E-state index contributed by atoms with van der Waals surface area (Å²) < 4.78 is 41.4. The van der Waals surface area contributed by atoms with Gasteiger partial charge in [0.25, 0.3) is 11.3 Å². The summed E-state index contributed by atoms with van der Waals surface area (Å²) >= 11 is 0. The van der Waals surface area contributed by atoms with Gasteiger partial charge in [-0.25, -0.2) is 9.78 Å². The second-order valence-corrected chi connectivity index (χ2v) is 6.54. The molecule has 2 heterocycles. The lowest BCUT2D eigenvalue weighted by Crippen LogP contribution is -2.56. The molecule has 11 heteroatoms. The maximum atomic E-state index is 12.6. The van der Waals surface area contributed by atoms with Crippen molar-refractivity contribution in [3.63, 3.8) is 0 Å². The van der Waals surface area contributed by atoms with Crippen LogP contribution in [-0.4, -0.2) is 40.9 Å². The zero-order valence-electron chi connectivity index (χ0n) is 13.5. The molecule has 0 spiro atoms. The number of alkyl halides is 3. The van der Waals surface area contributed by atoms with Crippen LogP contribution in [0.5, 0.6) is 0 Å². The first kappa shape index (κ1) is 17.7. The quantitative estimate of drug-likeness (QED) is 0.730. The van der Waals surface area contributed by atoms with Crippen molar-refractivity contribution in [1.29, 1.82) is 0 Å². The summed E-state index contributed by atoms with van der Waals surface area (Å²) in [6.45, 7) is -0.0862. The van der Waals surface area contributed by atoms with Crippen LogP contribution in [0, 0.1) is 11.8 Å². The molecule has 138 valence electrons. The molecule has 0 radical (unpaired) electrons. The Labute approximate surface area is 138 Å². The molecular weight excluding hydrogens is 345 g/mol. The van der Waals surface area contributed by atoms with Crippen molar-refractivity contribution in [2.45, 2.75) is 31.3 Å². The van der Waals surface area contributed by atoms with Crippen LogP contribution in [0.15, 0.2) is 15.9 Å². The minimum absolute atomic E-state index is 0.0862. The zero-order chi connectivity index (χ0) is 18.7. The average Bonchev–Trinajstić information content (AvgIpc) is 2.83. The SMILES string of the molecule is Cn1cnc2c1c(=O)n(CC1CC(C(O)(O)C(F)(F)F)C1)c(=O)n2C. The summed E-state index contributed by atoms with van der Waals surface area (Å²) in [6.07, 6.45) is -4.05. The van der Waals surface area contributed by atoms with Crippen LogP contribution in [0.4, 0.5) is 13.2 Å². The molecule has 1 saturated carbocycles. The number of imidazole rings is 1. The summed E-state index contributed by atoms with van der Waals surface area (Å²) in [5, 5.41) is 18.5. The van der Waals surface area contributed by atoms with E-state index < -0.39 is 35.0 Å². The molecule has 1 aliphatic rings. The first-order valence-corrected chi connectivity index (χ1v) is 7.57. The highest BCUT2D eigenvalue weighted by Crippen LogP contribution is 2.46. The second kappa shape index (κ2) is 5.43. The van der Waals surface area contributed by atoms with E-state index in [1.165, 1.54) is 22.5 Å². The van der Waals surface area contributed by atoms with Gasteiger partial charge in [-0.2, -0.15) is 13.2 Å². The number of halogens is 3.